The van der Waals surface area contributed by atoms with E-state index in [0.717, 1.165) is 6.07 Å². The quantitative estimate of drug-likeness (QED) is 0.169. The van der Waals surface area contributed by atoms with E-state index in [4.69, 9.17) is 14.5 Å². The SMILES string of the molecule is COC(=O)c1ccc(-c2csc(N(Cc3ccc(C(F)(F)P(=O)(O)O)c(Br)c3)C(=O)c3ccccc3)n2)cc1. The van der Waals surface area contributed by atoms with Crippen LogP contribution < -0.4 is 4.90 Å². The maximum atomic E-state index is 14.3. The van der Waals surface area contributed by atoms with E-state index in [0.29, 0.717) is 33.1 Å². The molecule has 8 nitrogen and oxygen atoms in total. The molecule has 0 atom stereocenters. The lowest BCUT2D eigenvalue weighted by atomic mass is 10.1. The number of esters is 1. The van der Waals surface area contributed by atoms with Crippen molar-refractivity contribution in [1.29, 1.82) is 0 Å². The third-order valence-electron chi connectivity index (χ3n) is 5.65. The molecule has 0 unspecified atom stereocenters. The molecule has 1 aromatic heterocycles. The second kappa shape index (κ2) is 11.4. The third kappa shape index (κ3) is 6.15. The minimum absolute atomic E-state index is 0.0671. The average Bonchev–Trinajstić information content (AvgIpc) is 3.41. The summed E-state index contributed by atoms with van der Waals surface area (Å²) < 4.78 is 44.4. The number of rotatable bonds is 8. The first-order valence-corrected chi connectivity index (χ1v) is 14.4. The van der Waals surface area contributed by atoms with Crippen LogP contribution in [-0.4, -0.2) is 33.8 Å². The summed E-state index contributed by atoms with van der Waals surface area (Å²) in [5, 5.41) is 2.07. The molecule has 202 valence electrons. The van der Waals surface area contributed by atoms with Gasteiger partial charge in [-0.1, -0.05) is 58.4 Å². The van der Waals surface area contributed by atoms with Crippen molar-refractivity contribution in [1.82, 2.24) is 4.98 Å². The zero-order valence-corrected chi connectivity index (χ0v) is 23.4. The smallest absolute Gasteiger partial charge is 0.399 e. The van der Waals surface area contributed by atoms with Crippen LogP contribution in [0.1, 0.15) is 31.8 Å². The van der Waals surface area contributed by atoms with Gasteiger partial charge >= 0.3 is 19.2 Å². The van der Waals surface area contributed by atoms with E-state index in [1.807, 2.05) is 0 Å². The number of hydrogen-bond donors (Lipinski definition) is 2. The number of alkyl halides is 2. The standard InChI is InChI=1S/C26H20BrF2N2O6PS/c1-37-24(33)19-10-8-17(9-11-19)22-15-39-25(30-22)31(23(32)18-5-3-2-4-6-18)14-16-7-12-20(21(27)13-16)26(28,29)38(34,35)36/h2-13,15H,14H2,1H3,(H2,34,35,36). The van der Waals surface area contributed by atoms with Gasteiger partial charge in [-0.15, -0.1) is 11.3 Å². The van der Waals surface area contributed by atoms with Crippen molar-refractivity contribution >= 4 is 51.9 Å². The summed E-state index contributed by atoms with van der Waals surface area (Å²) in [5.74, 6) is -0.867. The Bertz CT molecular complexity index is 1560. The van der Waals surface area contributed by atoms with Crippen LogP contribution in [0.25, 0.3) is 11.3 Å². The Morgan fingerprint density at radius 1 is 1.05 bits per heavy atom. The molecule has 0 saturated carbocycles. The number of halogens is 3. The highest BCUT2D eigenvalue weighted by atomic mass is 79.9. The summed E-state index contributed by atoms with van der Waals surface area (Å²) in [5.41, 5.74) is -2.85. The van der Waals surface area contributed by atoms with Crippen molar-refractivity contribution in [2.45, 2.75) is 12.2 Å². The number of carbonyl (C=O) groups excluding carboxylic acids is 2. The van der Waals surface area contributed by atoms with E-state index < -0.39 is 30.7 Å². The van der Waals surface area contributed by atoms with Crippen LogP contribution in [0.3, 0.4) is 0 Å². The fraction of sp³-hybridized carbons (Fsp3) is 0.115. The first-order valence-electron chi connectivity index (χ1n) is 11.2. The summed E-state index contributed by atoms with van der Waals surface area (Å²) in [4.78, 5) is 49.4. The molecule has 13 heteroatoms. The lowest BCUT2D eigenvalue weighted by molar-refractivity contribution is 0.0557. The van der Waals surface area contributed by atoms with Crippen LogP contribution in [0.15, 0.2) is 82.6 Å². The van der Waals surface area contributed by atoms with Gasteiger partial charge in [0.2, 0.25) is 0 Å². The second-order valence-electron chi connectivity index (χ2n) is 8.24. The highest BCUT2D eigenvalue weighted by Gasteiger charge is 2.51. The van der Waals surface area contributed by atoms with Gasteiger partial charge in [0.15, 0.2) is 5.13 Å². The van der Waals surface area contributed by atoms with E-state index >= 15 is 0 Å². The monoisotopic (exact) mass is 636 g/mol. The lowest BCUT2D eigenvalue weighted by Gasteiger charge is -2.22. The molecule has 39 heavy (non-hydrogen) atoms. The van der Waals surface area contributed by atoms with Crippen molar-refractivity contribution in [2.24, 2.45) is 0 Å². The highest BCUT2D eigenvalue weighted by Crippen LogP contribution is 2.60. The molecule has 0 saturated heterocycles. The average molecular weight is 637 g/mol. The molecule has 0 aliphatic rings. The Kier molecular flexibility index (Phi) is 8.43. The molecule has 0 aliphatic heterocycles. The number of methoxy groups -OCH3 is 1. The van der Waals surface area contributed by atoms with Crippen LogP contribution in [0, 0.1) is 0 Å². The maximum Gasteiger partial charge on any atom is 0.399 e. The molecule has 3 aromatic carbocycles. The lowest BCUT2D eigenvalue weighted by Crippen LogP contribution is -2.30. The second-order valence-corrected chi connectivity index (χ2v) is 11.6. The molecule has 0 bridgehead atoms. The van der Waals surface area contributed by atoms with Gasteiger partial charge in [0, 0.05) is 26.5 Å². The van der Waals surface area contributed by atoms with Crippen LogP contribution in [-0.2, 0) is 21.5 Å². The Balaban J connectivity index is 1.68. The molecular weight excluding hydrogens is 617 g/mol. The van der Waals surface area contributed by atoms with Crippen molar-refractivity contribution in [3.8, 4) is 11.3 Å². The van der Waals surface area contributed by atoms with Gasteiger partial charge in [-0.2, -0.15) is 8.78 Å². The molecule has 0 aliphatic carbocycles. The zero-order valence-electron chi connectivity index (χ0n) is 20.1. The van der Waals surface area contributed by atoms with Crippen LogP contribution in [0.2, 0.25) is 0 Å². The summed E-state index contributed by atoms with van der Waals surface area (Å²) in [7, 11) is -4.47. The van der Waals surface area contributed by atoms with Crippen molar-refractivity contribution in [3.05, 3.63) is 105 Å². The Labute approximate surface area is 234 Å². The van der Waals surface area contributed by atoms with E-state index in [1.54, 1.807) is 60.0 Å². The minimum Gasteiger partial charge on any atom is -0.465 e. The highest BCUT2D eigenvalue weighted by molar-refractivity contribution is 9.10. The van der Waals surface area contributed by atoms with Gasteiger partial charge in [0.1, 0.15) is 0 Å². The number of anilines is 1. The predicted molar refractivity (Wildman–Crippen MR) is 146 cm³/mol. The normalized spacial score (nSPS) is 11.7. The van der Waals surface area contributed by atoms with Gasteiger partial charge in [-0.25, -0.2) is 9.78 Å². The van der Waals surface area contributed by atoms with E-state index in [1.165, 1.54) is 35.5 Å². The van der Waals surface area contributed by atoms with Gasteiger partial charge in [-0.3, -0.25) is 14.3 Å². The fourth-order valence-electron chi connectivity index (χ4n) is 3.62. The van der Waals surface area contributed by atoms with Gasteiger partial charge in [0.05, 0.1) is 24.9 Å². The number of nitrogens with zero attached hydrogens (tertiary/aromatic N) is 2. The number of hydrogen-bond acceptors (Lipinski definition) is 6. The number of ether oxygens (including phenoxy) is 1. The van der Waals surface area contributed by atoms with Crippen molar-refractivity contribution in [3.63, 3.8) is 0 Å². The number of carbonyl (C=O) groups is 2. The van der Waals surface area contributed by atoms with Crippen LogP contribution >= 0.6 is 34.9 Å². The zero-order chi connectivity index (χ0) is 28.4. The van der Waals surface area contributed by atoms with E-state index in [9.17, 15) is 22.9 Å². The molecule has 4 aromatic rings. The number of benzene rings is 3. The van der Waals surface area contributed by atoms with Gasteiger partial charge in [-0.05, 0) is 35.9 Å². The molecule has 0 radical (unpaired) electrons. The minimum atomic E-state index is -5.76. The molecule has 2 N–H and O–H groups in total. The topological polar surface area (TPSA) is 117 Å². The Hall–Kier alpha value is -3.28. The first kappa shape index (κ1) is 28.7. The summed E-state index contributed by atoms with van der Waals surface area (Å²) in [6.07, 6.45) is 0. The molecule has 0 spiro atoms. The molecule has 0 fully saturated rings. The van der Waals surface area contributed by atoms with Crippen LogP contribution in [0.5, 0.6) is 0 Å². The maximum absolute atomic E-state index is 14.3. The van der Waals surface area contributed by atoms with Crippen molar-refractivity contribution in [2.75, 3.05) is 12.0 Å². The Morgan fingerprint density at radius 2 is 1.72 bits per heavy atom. The van der Waals surface area contributed by atoms with Gasteiger partial charge in [0.25, 0.3) is 5.91 Å². The predicted octanol–water partition coefficient (Wildman–Crippen LogP) is 6.43. The van der Waals surface area contributed by atoms with Crippen LogP contribution in [0.4, 0.5) is 13.9 Å². The fourth-order valence-corrected chi connectivity index (χ4v) is 5.79. The number of amides is 1. The summed E-state index contributed by atoms with van der Waals surface area (Å²) in [6, 6.07) is 18.5. The summed E-state index contributed by atoms with van der Waals surface area (Å²) >= 11 is 4.18. The van der Waals surface area contributed by atoms with Gasteiger partial charge < -0.3 is 14.5 Å². The number of aromatic nitrogens is 1. The Morgan fingerprint density at radius 3 is 2.31 bits per heavy atom. The largest absolute Gasteiger partial charge is 0.465 e. The first-order chi connectivity index (χ1) is 18.4. The molecular formula is C26H20BrF2N2O6PS. The van der Waals surface area contributed by atoms with E-state index in [-0.39, 0.29) is 11.0 Å². The third-order valence-corrected chi connectivity index (χ3v) is 8.15. The van der Waals surface area contributed by atoms with Crippen molar-refractivity contribution < 1.29 is 37.5 Å². The molecule has 4 rings (SSSR count). The molecule has 1 amide bonds. The molecule has 1 heterocycles. The number of thiazole rings is 1. The summed E-state index contributed by atoms with van der Waals surface area (Å²) in [6.45, 7) is -0.0671. The van der Waals surface area contributed by atoms with E-state index in [2.05, 4.69) is 20.9 Å².